The first-order chi connectivity index (χ1) is 15.0. The van der Waals surface area contributed by atoms with Crippen molar-refractivity contribution in [1.29, 1.82) is 5.41 Å². The largest absolute Gasteiger partial charge is 0.468 e. The molecule has 1 aliphatic carbocycles. The Hall–Kier alpha value is -3.71. The number of hydrogen-bond acceptors (Lipinski definition) is 6. The van der Waals surface area contributed by atoms with Crippen LogP contribution in [-0.4, -0.2) is 17.9 Å². The smallest absolute Gasteiger partial charge is 0.259 e. The highest BCUT2D eigenvalue weighted by Gasteiger charge is 2.28. The van der Waals surface area contributed by atoms with Crippen molar-refractivity contribution in [2.75, 3.05) is 11.1 Å². The maximum Gasteiger partial charge on any atom is 0.259 e. The Morgan fingerprint density at radius 2 is 2.06 bits per heavy atom. The Labute approximate surface area is 185 Å². The van der Waals surface area contributed by atoms with Crippen LogP contribution < -0.4 is 11.1 Å². The van der Waals surface area contributed by atoms with Crippen molar-refractivity contribution in [3.8, 4) is 10.4 Å². The molecule has 31 heavy (non-hydrogen) atoms. The van der Waals surface area contributed by atoms with Crippen LogP contribution in [0, 0.1) is 5.41 Å². The molecule has 0 aliphatic heterocycles. The molecule has 4 aromatic rings. The fourth-order valence-corrected chi connectivity index (χ4v) is 5.07. The van der Waals surface area contributed by atoms with Crippen molar-refractivity contribution in [3.63, 3.8) is 0 Å². The van der Waals surface area contributed by atoms with Gasteiger partial charge in [0.1, 0.15) is 12.0 Å². The Bertz CT molecular complexity index is 1340. The van der Waals surface area contributed by atoms with E-state index in [0.29, 0.717) is 41.1 Å². The predicted octanol–water partition coefficient (Wildman–Crippen LogP) is 6.00. The lowest BCUT2D eigenvalue weighted by Gasteiger charge is -2.13. The first-order valence-electron chi connectivity index (χ1n) is 9.93. The normalized spacial score (nSPS) is 13.2. The zero-order chi connectivity index (χ0) is 21.5. The van der Waals surface area contributed by atoms with Crippen molar-refractivity contribution < 1.29 is 16.9 Å². The molecule has 2 aromatic carbocycles. The van der Waals surface area contributed by atoms with Crippen LogP contribution in [0.1, 0.15) is 47.7 Å². The van der Waals surface area contributed by atoms with Gasteiger partial charge in [-0.05, 0) is 36.1 Å². The third kappa shape index (κ3) is 3.33. The molecule has 1 amide bonds. The molecule has 0 saturated carbocycles. The van der Waals surface area contributed by atoms with E-state index in [-0.39, 0.29) is 14.2 Å². The summed E-state index contributed by atoms with van der Waals surface area (Å²) in [5, 5.41) is 11.7. The molecular weight excluding hydrogens is 410 g/mol. The van der Waals surface area contributed by atoms with Gasteiger partial charge in [-0.2, -0.15) is 0 Å². The van der Waals surface area contributed by atoms with E-state index in [0.717, 1.165) is 26.9 Å². The van der Waals surface area contributed by atoms with E-state index in [4.69, 9.17) is 15.6 Å². The SMILES string of the molecule is N=Cc1cc(NC(=O)c2coc3c2C(=O)CCC3)cc(-c2cc3ccccc3s2)c1N.[HH].[HH]. The molecule has 0 spiro atoms. The van der Waals surface area contributed by atoms with Crippen LogP contribution in [0.25, 0.3) is 20.5 Å². The summed E-state index contributed by atoms with van der Waals surface area (Å²) in [6.45, 7) is 0. The first kappa shape index (κ1) is 19.3. The standard InChI is InChI=1S/C24H19N3O3S.2H2/c25-11-14-8-15(27-24(29)17-12-30-19-6-3-5-18(28)22(17)19)10-16(23(14)26)21-9-13-4-1-2-7-20(13)31-21;;/h1-2,4,7-12,25H,3,5-6,26H2,(H,27,29);2*1H. The van der Waals surface area contributed by atoms with Gasteiger partial charge in [0.05, 0.1) is 11.1 Å². The summed E-state index contributed by atoms with van der Waals surface area (Å²) in [6.07, 6.45) is 4.34. The minimum absolute atomic E-state index is 0. The highest BCUT2D eigenvalue weighted by Crippen LogP contribution is 2.39. The number of benzene rings is 2. The average Bonchev–Trinajstić information content (AvgIpc) is 3.39. The third-order valence-electron chi connectivity index (χ3n) is 5.51. The summed E-state index contributed by atoms with van der Waals surface area (Å²) in [4.78, 5) is 26.2. The van der Waals surface area contributed by atoms with Gasteiger partial charge in [0.25, 0.3) is 5.91 Å². The van der Waals surface area contributed by atoms with Gasteiger partial charge >= 0.3 is 0 Å². The molecular formula is C24H23N3O3S. The number of Topliss-reactive ketones (excluding diaryl/α,β-unsaturated/α-hetero) is 1. The summed E-state index contributed by atoms with van der Waals surface area (Å²) < 4.78 is 6.60. The summed E-state index contributed by atoms with van der Waals surface area (Å²) >= 11 is 1.60. The topological polar surface area (TPSA) is 109 Å². The number of nitrogens with two attached hydrogens (primary N) is 1. The molecule has 0 bridgehead atoms. The Morgan fingerprint density at radius 1 is 1.23 bits per heavy atom. The molecule has 0 unspecified atom stereocenters. The zero-order valence-electron chi connectivity index (χ0n) is 16.5. The summed E-state index contributed by atoms with van der Waals surface area (Å²) in [7, 11) is 0. The molecule has 0 saturated heterocycles. The second-order valence-electron chi connectivity index (χ2n) is 7.50. The molecule has 0 fully saturated rings. The number of rotatable bonds is 4. The van der Waals surface area contributed by atoms with Gasteiger partial charge in [-0.3, -0.25) is 9.59 Å². The molecule has 7 heteroatoms. The van der Waals surface area contributed by atoms with Crippen LogP contribution in [0.3, 0.4) is 0 Å². The number of furan rings is 1. The second-order valence-corrected chi connectivity index (χ2v) is 8.58. The van der Waals surface area contributed by atoms with Crippen LogP contribution in [0.4, 0.5) is 11.4 Å². The number of aryl methyl sites for hydroxylation is 1. The van der Waals surface area contributed by atoms with E-state index in [1.165, 1.54) is 12.5 Å². The lowest BCUT2D eigenvalue weighted by Crippen LogP contribution is -2.18. The number of fused-ring (bicyclic) bond motifs is 2. The van der Waals surface area contributed by atoms with E-state index >= 15 is 0 Å². The molecule has 1 aliphatic rings. The van der Waals surface area contributed by atoms with Crippen LogP contribution in [0.2, 0.25) is 0 Å². The highest BCUT2D eigenvalue weighted by molar-refractivity contribution is 7.22. The minimum atomic E-state index is -0.414. The molecule has 0 atom stereocenters. The van der Waals surface area contributed by atoms with Crippen molar-refractivity contribution in [1.82, 2.24) is 0 Å². The second kappa shape index (κ2) is 7.52. The number of ketones is 1. The van der Waals surface area contributed by atoms with Gasteiger partial charge in [0, 0.05) is 54.0 Å². The summed E-state index contributed by atoms with van der Waals surface area (Å²) in [5.41, 5.74) is 9.21. The monoisotopic (exact) mass is 433 g/mol. The Morgan fingerprint density at radius 3 is 2.87 bits per heavy atom. The number of carbonyl (C=O) groups is 2. The molecule has 158 valence electrons. The van der Waals surface area contributed by atoms with E-state index in [1.54, 1.807) is 23.5 Å². The Kier molecular flexibility index (Phi) is 4.67. The van der Waals surface area contributed by atoms with Crippen molar-refractivity contribution >= 4 is 50.7 Å². The Balaban J connectivity index is 0.00000153. The highest BCUT2D eigenvalue weighted by atomic mass is 32.1. The van der Waals surface area contributed by atoms with Crippen LogP contribution in [0.5, 0.6) is 0 Å². The van der Waals surface area contributed by atoms with E-state index < -0.39 is 5.91 Å². The molecule has 6 nitrogen and oxygen atoms in total. The number of carbonyl (C=O) groups excluding carboxylic acids is 2. The number of anilines is 2. The van der Waals surface area contributed by atoms with Crippen molar-refractivity contribution in [3.05, 3.63) is 71.2 Å². The molecule has 4 N–H and O–H groups in total. The number of hydrogen-bond donors (Lipinski definition) is 3. The van der Waals surface area contributed by atoms with Crippen LogP contribution in [0.15, 0.2) is 53.1 Å². The maximum atomic E-state index is 13.0. The average molecular weight is 434 g/mol. The summed E-state index contributed by atoms with van der Waals surface area (Å²) in [5.74, 6) is 0.0942. The molecule has 2 aromatic heterocycles. The fraction of sp³-hybridized carbons (Fsp3) is 0.125. The van der Waals surface area contributed by atoms with Gasteiger partial charge in [-0.1, -0.05) is 18.2 Å². The van der Waals surface area contributed by atoms with Gasteiger partial charge in [0.2, 0.25) is 0 Å². The quantitative estimate of drug-likeness (QED) is 0.271. The van der Waals surface area contributed by atoms with Crippen molar-refractivity contribution in [2.45, 2.75) is 19.3 Å². The zero-order valence-corrected chi connectivity index (χ0v) is 17.3. The van der Waals surface area contributed by atoms with E-state index in [2.05, 4.69) is 11.4 Å². The van der Waals surface area contributed by atoms with Gasteiger partial charge in [0.15, 0.2) is 5.78 Å². The van der Waals surface area contributed by atoms with Gasteiger partial charge < -0.3 is 20.9 Å². The number of nitrogen functional groups attached to an aromatic ring is 1. The first-order valence-corrected chi connectivity index (χ1v) is 10.7. The lowest BCUT2D eigenvalue weighted by atomic mass is 9.94. The van der Waals surface area contributed by atoms with E-state index in [1.807, 2.05) is 24.3 Å². The number of thiophene rings is 1. The predicted molar refractivity (Wildman–Crippen MR) is 128 cm³/mol. The number of amides is 1. The lowest BCUT2D eigenvalue weighted by molar-refractivity contribution is 0.0955. The molecule has 2 heterocycles. The van der Waals surface area contributed by atoms with Crippen LogP contribution >= 0.6 is 11.3 Å². The van der Waals surface area contributed by atoms with Crippen LogP contribution in [-0.2, 0) is 6.42 Å². The van der Waals surface area contributed by atoms with Crippen molar-refractivity contribution in [2.24, 2.45) is 0 Å². The van der Waals surface area contributed by atoms with E-state index in [9.17, 15) is 9.59 Å². The molecule has 0 radical (unpaired) electrons. The fourth-order valence-electron chi connectivity index (χ4n) is 3.97. The third-order valence-corrected chi connectivity index (χ3v) is 6.66. The summed E-state index contributed by atoms with van der Waals surface area (Å²) in [6, 6.07) is 13.6. The number of nitrogens with one attached hydrogen (secondary N) is 2. The van der Waals surface area contributed by atoms with Gasteiger partial charge in [-0.15, -0.1) is 11.3 Å². The van der Waals surface area contributed by atoms with Gasteiger partial charge in [-0.25, -0.2) is 0 Å². The minimum Gasteiger partial charge on any atom is -0.468 e. The maximum absolute atomic E-state index is 13.0. The molecule has 5 rings (SSSR count).